The van der Waals surface area contributed by atoms with Crippen molar-refractivity contribution in [1.82, 2.24) is 5.32 Å². The second-order valence-corrected chi connectivity index (χ2v) is 10.0. The van der Waals surface area contributed by atoms with Crippen LogP contribution in [0.15, 0.2) is 0 Å². The van der Waals surface area contributed by atoms with Crippen molar-refractivity contribution in [2.24, 2.45) is 5.41 Å². The fourth-order valence-corrected chi connectivity index (χ4v) is 3.95. The molecular weight excluding hydrogens is 490 g/mol. The van der Waals surface area contributed by atoms with Crippen molar-refractivity contribution in [2.45, 2.75) is 83.0 Å². The maximum Gasteiger partial charge on any atom is 0.397 e. The molecule has 0 unspecified atom stereocenters. The lowest BCUT2D eigenvalue weighted by Crippen LogP contribution is -2.64. The van der Waals surface area contributed by atoms with Crippen LogP contribution in [0.1, 0.15) is 52.4 Å². The lowest BCUT2D eigenvalue weighted by molar-refractivity contribution is -0.274. The molecule has 0 aromatic heterocycles. The summed E-state index contributed by atoms with van der Waals surface area (Å²) < 4.78 is 51.6. The minimum atomic E-state index is -4.81. The molecule has 208 valence electrons. The molecule has 1 aliphatic rings. The standard InChI is InChI=1S/C21H41NO12S/c1-3-4-5-6-7-8-9-32-20-17(22-15(2)25)19(27)18(26)16(34-20)10-31-13-21(11-23,12-24)14-33-35(28,29)30/h16-20,23-24,26-27H,3-14H2,1-2H3,(H,22,25)(H,28,29,30)/t16-,17-,18-,19-,20+/m1/s1. The highest BCUT2D eigenvalue weighted by Gasteiger charge is 2.46. The van der Waals surface area contributed by atoms with Gasteiger partial charge in [-0.1, -0.05) is 39.0 Å². The molecule has 0 aromatic carbocycles. The van der Waals surface area contributed by atoms with Gasteiger partial charge in [0.25, 0.3) is 0 Å². The number of amides is 1. The van der Waals surface area contributed by atoms with E-state index in [0.29, 0.717) is 6.61 Å². The van der Waals surface area contributed by atoms with E-state index in [9.17, 15) is 33.6 Å². The Morgan fingerprint density at radius 1 is 1.03 bits per heavy atom. The van der Waals surface area contributed by atoms with Gasteiger partial charge in [0.1, 0.15) is 24.4 Å². The topological polar surface area (TPSA) is 201 Å². The Morgan fingerprint density at radius 2 is 1.66 bits per heavy atom. The van der Waals surface area contributed by atoms with Crippen LogP contribution in [-0.2, 0) is 33.6 Å². The third kappa shape index (κ3) is 11.8. The molecule has 1 fully saturated rings. The highest BCUT2D eigenvalue weighted by Crippen LogP contribution is 2.24. The van der Waals surface area contributed by atoms with Crippen LogP contribution in [0, 0.1) is 5.41 Å². The van der Waals surface area contributed by atoms with Crippen molar-refractivity contribution in [2.75, 3.05) is 39.6 Å². The Hall–Kier alpha value is -0.940. The Labute approximate surface area is 206 Å². The number of rotatable bonds is 18. The fraction of sp³-hybridized carbons (Fsp3) is 0.952. The average Bonchev–Trinajstić information content (AvgIpc) is 2.80. The van der Waals surface area contributed by atoms with Gasteiger partial charge in [-0.15, -0.1) is 0 Å². The summed E-state index contributed by atoms with van der Waals surface area (Å²) in [6.45, 7) is 0.739. The summed E-state index contributed by atoms with van der Waals surface area (Å²) in [5.41, 5.74) is -1.57. The van der Waals surface area contributed by atoms with E-state index in [1.807, 2.05) is 0 Å². The minimum absolute atomic E-state index is 0.314. The van der Waals surface area contributed by atoms with E-state index in [-0.39, 0.29) is 6.61 Å². The molecular formula is C21H41NO12S. The molecule has 1 rings (SSSR count). The van der Waals surface area contributed by atoms with Crippen molar-refractivity contribution < 1.29 is 56.6 Å². The third-order valence-corrected chi connectivity index (χ3v) is 6.14. The van der Waals surface area contributed by atoms with Gasteiger partial charge in [0, 0.05) is 13.5 Å². The predicted molar refractivity (Wildman–Crippen MR) is 123 cm³/mol. The van der Waals surface area contributed by atoms with E-state index < -0.39 is 78.8 Å². The van der Waals surface area contributed by atoms with Crippen LogP contribution in [0.25, 0.3) is 0 Å². The number of hydrogen-bond acceptors (Lipinski definition) is 11. The Morgan fingerprint density at radius 3 is 2.23 bits per heavy atom. The molecule has 1 amide bonds. The van der Waals surface area contributed by atoms with E-state index >= 15 is 0 Å². The van der Waals surface area contributed by atoms with Gasteiger partial charge in [0.2, 0.25) is 5.91 Å². The zero-order valence-corrected chi connectivity index (χ0v) is 21.2. The summed E-state index contributed by atoms with van der Waals surface area (Å²) in [5, 5.41) is 42.7. The van der Waals surface area contributed by atoms with Gasteiger partial charge < -0.3 is 40.0 Å². The maximum atomic E-state index is 11.6. The zero-order chi connectivity index (χ0) is 26.5. The van der Waals surface area contributed by atoms with Gasteiger partial charge in [-0.3, -0.25) is 9.35 Å². The average molecular weight is 532 g/mol. The predicted octanol–water partition coefficient (Wildman–Crippen LogP) is -0.878. The van der Waals surface area contributed by atoms with Gasteiger partial charge in [-0.25, -0.2) is 4.18 Å². The van der Waals surface area contributed by atoms with Crippen molar-refractivity contribution in [3.8, 4) is 0 Å². The first-order valence-corrected chi connectivity index (χ1v) is 13.2. The first-order chi connectivity index (χ1) is 16.5. The molecule has 1 aliphatic heterocycles. The maximum absolute atomic E-state index is 11.6. The van der Waals surface area contributed by atoms with Gasteiger partial charge >= 0.3 is 10.4 Å². The van der Waals surface area contributed by atoms with Gasteiger partial charge in [0.05, 0.1) is 38.4 Å². The molecule has 14 heteroatoms. The molecule has 6 N–H and O–H groups in total. The Bertz CT molecular complexity index is 702. The molecule has 0 bridgehead atoms. The van der Waals surface area contributed by atoms with Crippen LogP contribution in [0.2, 0.25) is 0 Å². The minimum Gasteiger partial charge on any atom is -0.396 e. The van der Waals surface area contributed by atoms with Crippen LogP contribution < -0.4 is 5.32 Å². The summed E-state index contributed by atoms with van der Waals surface area (Å²) in [7, 11) is -4.81. The molecule has 1 saturated heterocycles. The van der Waals surface area contributed by atoms with Crippen LogP contribution in [0.4, 0.5) is 0 Å². The second-order valence-electron chi connectivity index (χ2n) is 8.91. The number of carbonyl (C=O) groups excluding carboxylic acids is 1. The van der Waals surface area contributed by atoms with E-state index in [4.69, 9.17) is 18.8 Å². The Kier molecular flexibility index (Phi) is 14.7. The second kappa shape index (κ2) is 16.0. The summed E-state index contributed by atoms with van der Waals surface area (Å²) in [5.74, 6) is -0.442. The molecule has 0 saturated carbocycles. The first-order valence-electron chi connectivity index (χ1n) is 11.8. The molecule has 13 nitrogen and oxygen atoms in total. The molecule has 1 heterocycles. The lowest BCUT2D eigenvalue weighted by Gasteiger charge is -2.42. The zero-order valence-electron chi connectivity index (χ0n) is 20.4. The van der Waals surface area contributed by atoms with Gasteiger partial charge in [-0.05, 0) is 6.42 Å². The van der Waals surface area contributed by atoms with E-state index in [1.165, 1.54) is 13.3 Å². The normalized spacial score (nSPS) is 25.5. The number of aliphatic hydroxyl groups is 4. The lowest BCUT2D eigenvalue weighted by atomic mass is 9.92. The van der Waals surface area contributed by atoms with Crippen molar-refractivity contribution >= 4 is 16.3 Å². The summed E-state index contributed by atoms with van der Waals surface area (Å²) >= 11 is 0. The van der Waals surface area contributed by atoms with Crippen LogP contribution in [0.3, 0.4) is 0 Å². The number of aliphatic hydroxyl groups excluding tert-OH is 4. The fourth-order valence-electron chi connectivity index (χ4n) is 3.55. The summed E-state index contributed by atoms with van der Waals surface area (Å²) in [6, 6.07) is -1.02. The van der Waals surface area contributed by atoms with E-state index in [2.05, 4.69) is 16.4 Å². The molecule has 5 atom stereocenters. The van der Waals surface area contributed by atoms with E-state index in [0.717, 1.165) is 32.1 Å². The summed E-state index contributed by atoms with van der Waals surface area (Å²) in [4.78, 5) is 11.6. The van der Waals surface area contributed by atoms with Crippen LogP contribution in [0.5, 0.6) is 0 Å². The van der Waals surface area contributed by atoms with Crippen molar-refractivity contribution in [1.29, 1.82) is 0 Å². The Balaban J connectivity index is 2.72. The van der Waals surface area contributed by atoms with Crippen LogP contribution >= 0.6 is 0 Å². The number of unbranched alkanes of at least 4 members (excludes halogenated alkanes) is 5. The van der Waals surface area contributed by atoms with Crippen LogP contribution in [-0.4, -0.2) is 110 Å². The molecule has 0 radical (unpaired) electrons. The van der Waals surface area contributed by atoms with Crippen molar-refractivity contribution in [3.63, 3.8) is 0 Å². The highest BCUT2D eigenvalue weighted by molar-refractivity contribution is 7.80. The SMILES string of the molecule is CCCCCCCCO[C@H]1O[C@H](COCC(CO)(CO)COS(=O)(=O)O)[C@@H](O)[C@H](O)[C@H]1NC(C)=O. The first kappa shape index (κ1) is 32.1. The highest BCUT2D eigenvalue weighted by atomic mass is 32.3. The van der Waals surface area contributed by atoms with Gasteiger partial charge in [0.15, 0.2) is 6.29 Å². The number of carbonyl (C=O) groups is 1. The number of ether oxygens (including phenoxy) is 3. The summed E-state index contributed by atoms with van der Waals surface area (Å²) in [6.07, 6.45) is 1.14. The van der Waals surface area contributed by atoms with Gasteiger partial charge in [-0.2, -0.15) is 8.42 Å². The van der Waals surface area contributed by atoms with Crippen molar-refractivity contribution in [3.05, 3.63) is 0 Å². The smallest absolute Gasteiger partial charge is 0.396 e. The number of hydrogen-bond donors (Lipinski definition) is 6. The molecule has 35 heavy (non-hydrogen) atoms. The third-order valence-electron chi connectivity index (χ3n) is 5.73. The molecule has 0 aliphatic carbocycles. The monoisotopic (exact) mass is 531 g/mol. The van der Waals surface area contributed by atoms with E-state index in [1.54, 1.807) is 0 Å². The number of nitrogens with one attached hydrogen (secondary N) is 1. The quantitative estimate of drug-likeness (QED) is 0.0943. The largest absolute Gasteiger partial charge is 0.397 e. The molecule has 0 aromatic rings. The molecule has 0 spiro atoms.